The SMILES string of the molecule is CCCN1CCC(NC(=O)CN2CCC(N)CC2)CC1. The Balaban J connectivity index is 1.63. The monoisotopic (exact) mass is 282 g/mol. The van der Waals surface area contributed by atoms with Crippen LogP contribution in [0.1, 0.15) is 39.0 Å². The molecule has 0 bridgehead atoms. The van der Waals surface area contributed by atoms with Crippen LogP contribution >= 0.6 is 0 Å². The van der Waals surface area contributed by atoms with Crippen molar-refractivity contribution in [3.63, 3.8) is 0 Å². The molecule has 0 aliphatic carbocycles. The maximum atomic E-state index is 12.1. The summed E-state index contributed by atoms with van der Waals surface area (Å²) in [5, 5.41) is 3.20. The summed E-state index contributed by atoms with van der Waals surface area (Å²) in [4.78, 5) is 16.8. The van der Waals surface area contributed by atoms with Gasteiger partial charge in [-0.2, -0.15) is 0 Å². The van der Waals surface area contributed by atoms with Crippen molar-refractivity contribution < 1.29 is 4.79 Å². The Kier molecular flexibility index (Phi) is 6.26. The number of piperidine rings is 2. The topological polar surface area (TPSA) is 61.6 Å². The number of nitrogens with one attached hydrogen (secondary N) is 1. The Bertz CT molecular complexity index is 294. The summed E-state index contributed by atoms with van der Waals surface area (Å²) in [7, 11) is 0. The van der Waals surface area contributed by atoms with Gasteiger partial charge in [-0.3, -0.25) is 9.69 Å². The molecule has 0 atom stereocenters. The second-order valence-electron chi connectivity index (χ2n) is 6.30. The van der Waals surface area contributed by atoms with Gasteiger partial charge in [0.25, 0.3) is 0 Å². The first kappa shape index (κ1) is 15.7. The molecule has 20 heavy (non-hydrogen) atoms. The van der Waals surface area contributed by atoms with Crippen LogP contribution in [0.3, 0.4) is 0 Å². The van der Waals surface area contributed by atoms with Crippen molar-refractivity contribution in [3.05, 3.63) is 0 Å². The minimum absolute atomic E-state index is 0.189. The highest BCUT2D eigenvalue weighted by Gasteiger charge is 2.22. The quantitative estimate of drug-likeness (QED) is 0.766. The van der Waals surface area contributed by atoms with E-state index in [1.165, 1.54) is 13.0 Å². The molecular weight excluding hydrogens is 252 g/mol. The number of rotatable bonds is 5. The first-order valence-electron chi connectivity index (χ1n) is 8.17. The molecular formula is C15H30N4O. The van der Waals surface area contributed by atoms with E-state index in [2.05, 4.69) is 22.0 Å². The fraction of sp³-hybridized carbons (Fsp3) is 0.933. The summed E-state index contributed by atoms with van der Waals surface area (Å²) < 4.78 is 0. The molecule has 2 aliphatic rings. The number of amides is 1. The van der Waals surface area contributed by atoms with E-state index in [9.17, 15) is 4.79 Å². The first-order valence-corrected chi connectivity index (χ1v) is 8.17. The summed E-state index contributed by atoms with van der Waals surface area (Å²) in [6.45, 7) is 8.12. The molecule has 5 heteroatoms. The Morgan fingerprint density at radius 2 is 1.70 bits per heavy atom. The smallest absolute Gasteiger partial charge is 0.234 e. The molecule has 5 nitrogen and oxygen atoms in total. The van der Waals surface area contributed by atoms with E-state index < -0.39 is 0 Å². The van der Waals surface area contributed by atoms with Gasteiger partial charge in [-0.25, -0.2) is 0 Å². The summed E-state index contributed by atoms with van der Waals surface area (Å²) in [5.41, 5.74) is 5.88. The summed E-state index contributed by atoms with van der Waals surface area (Å²) in [6.07, 6.45) is 5.44. The number of carbonyl (C=O) groups is 1. The standard InChI is InChI=1S/C15H30N4O/c1-2-7-18-10-5-14(6-11-18)17-15(20)12-19-8-3-13(16)4-9-19/h13-14H,2-12,16H2,1H3,(H,17,20). The van der Waals surface area contributed by atoms with Gasteiger partial charge in [0.2, 0.25) is 5.91 Å². The van der Waals surface area contributed by atoms with Crippen LogP contribution in [0.4, 0.5) is 0 Å². The predicted molar refractivity (Wildman–Crippen MR) is 81.5 cm³/mol. The van der Waals surface area contributed by atoms with Crippen LogP contribution in [0.15, 0.2) is 0 Å². The minimum atomic E-state index is 0.189. The van der Waals surface area contributed by atoms with Crippen LogP contribution in [-0.4, -0.2) is 67.1 Å². The van der Waals surface area contributed by atoms with E-state index in [1.54, 1.807) is 0 Å². The third kappa shape index (κ3) is 5.04. The fourth-order valence-corrected chi connectivity index (χ4v) is 3.20. The molecule has 1 amide bonds. The zero-order valence-electron chi connectivity index (χ0n) is 12.8. The average Bonchev–Trinajstić information content (AvgIpc) is 2.44. The summed E-state index contributed by atoms with van der Waals surface area (Å²) >= 11 is 0. The van der Waals surface area contributed by atoms with Gasteiger partial charge >= 0.3 is 0 Å². The van der Waals surface area contributed by atoms with Crippen LogP contribution in [0, 0.1) is 0 Å². The number of hydrogen-bond donors (Lipinski definition) is 2. The number of nitrogens with two attached hydrogens (primary N) is 1. The van der Waals surface area contributed by atoms with Gasteiger partial charge in [0, 0.05) is 38.3 Å². The highest BCUT2D eigenvalue weighted by Crippen LogP contribution is 2.11. The van der Waals surface area contributed by atoms with Gasteiger partial charge in [-0.1, -0.05) is 6.92 Å². The largest absolute Gasteiger partial charge is 0.352 e. The number of likely N-dealkylation sites (tertiary alicyclic amines) is 2. The minimum Gasteiger partial charge on any atom is -0.352 e. The highest BCUT2D eigenvalue weighted by atomic mass is 16.2. The van der Waals surface area contributed by atoms with Gasteiger partial charge in [-0.05, 0) is 38.6 Å². The number of carbonyl (C=O) groups excluding carboxylic acids is 1. The van der Waals surface area contributed by atoms with Crippen molar-refractivity contribution in [1.82, 2.24) is 15.1 Å². The third-order valence-corrected chi connectivity index (χ3v) is 4.49. The van der Waals surface area contributed by atoms with Gasteiger partial charge in [-0.15, -0.1) is 0 Å². The van der Waals surface area contributed by atoms with Crippen LogP contribution in [-0.2, 0) is 4.79 Å². The van der Waals surface area contributed by atoms with E-state index in [4.69, 9.17) is 5.73 Å². The Morgan fingerprint density at radius 3 is 2.30 bits per heavy atom. The van der Waals surface area contributed by atoms with Crippen molar-refractivity contribution in [1.29, 1.82) is 0 Å². The molecule has 0 spiro atoms. The first-order chi connectivity index (χ1) is 9.67. The zero-order chi connectivity index (χ0) is 14.4. The lowest BCUT2D eigenvalue weighted by Gasteiger charge is -2.33. The van der Waals surface area contributed by atoms with Crippen molar-refractivity contribution in [3.8, 4) is 0 Å². The molecule has 2 saturated heterocycles. The van der Waals surface area contributed by atoms with Crippen LogP contribution < -0.4 is 11.1 Å². The molecule has 0 aromatic heterocycles. The molecule has 116 valence electrons. The molecule has 0 aromatic carbocycles. The van der Waals surface area contributed by atoms with Gasteiger partial charge in [0.1, 0.15) is 0 Å². The second-order valence-corrected chi connectivity index (χ2v) is 6.30. The highest BCUT2D eigenvalue weighted by molar-refractivity contribution is 5.78. The van der Waals surface area contributed by atoms with Crippen molar-refractivity contribution >= 4 is 5.91 Å². The summed E-state index contributed by atoms with van der Waals surface area (Å²) in [5.74, 6) is 0.189. The fourth-order valence-electron chi connectivity index (χ4n) is 3.20. The second kappa shape index (κ2) is 7.96. The average molecular weight is 282 g/mol. The molecule has 0 aromatic rings. The lowest BCUT2D eigenvalue weighted by atomic mass is 10.0. The van der Waals surface area contributed by atoms with Crippen molar-refractivity contribution in [2.75, 3.05) is 39.3 Å². The molecule has 0 saturated carbocycles. The number of hydrogen-bond acceptors (Lipinski definition) is 4. The molecule has 3 N–H and O–H groups in total. The van der Waals surface area contributed by atoms with Crippen LogP contribution in [0.25, 0.3) is 0 Å². The number of nitrogens with zero attached hydrogens (tertiary/aromatic N) is 2. The maximum absolute atomic E-state index is 12.1. The Morgan fingerprint density at radius 1 is 1.10 bits per heavy atom. The Hall–Kier alpha value is -0.650. The van der Waals surface area contributed by atoms with Gasteiger partial charge in [0.15, 0.2) is 0 Å². The molecule has 2 rings (SSSR count). The van der Waals surface area contributed by atoms with E-state index in [0.717, 1.165) is 51.9 Å². The van der Waals surface area contributed by atoms with Crippen LogP contribution in [0.5, 0.6) is 0 Å². The van der Waals surface area contributed by atoms with E-state index in [0.29, 0.717) is 18.6 Å². The van der Waals surface area contributed by atoms with Crippen molar-refractivity contribution in [2.24, 2.45) is 5.73 Å². The maximum Gasteiger partial charge on any atom is 0.234 e. The predicted octanol–water partition coefficient (Wildman–Crippen LogP) is 0.400. The molecule has 2 fully saturated rings. The van der Waals surface area contributed by atoms with Gasteiger partial charge < -0.3 is 16.0 Å². The van der Waals surface area contributed by atoms with Gasteiger partial charge in [0.05, 0.1) is 6.54 Å². The molecule has 0 unspecified atom stereocenters. The normalized spacial score (nSPS) is 23.9. The lowest BCUT2D eigenvalue weighted by molar-refractivity contribution is -0.123. The summed E-state index contributed by atoms with van der Waals surface area (Å²) in [6, 6.07) is 0.708. The van der Waals surface area contributed by atoms with E-state index in [1.807, 2.05) is 0 Å². The molecule has 0 radical (unpaired) electrons. The van der Waals surface area contributed by atoms with Crippen LogP contribution in [0.2, 0.25) is 0 Å². The lowest BCUT2D eigenvalue weighted by Crippen LogP contribution is -2.49. The molecule has 2 heterocycles. The Labute approximate surface area is 122 Å². The molecule has 2 aliphatic heterocycles. The third-order valence-electron chi connectivity index (χ3n) is 4.49. The zero-order valence-corrected chi connectivity index (χ0v) is 12.8. The van der Waals surface area contributed by atoms with E-state index in [-0.39, 0.29) is 5.91 Å². The van der Waals surface area contributed by atoms with E-state index >= 15 is 0 Å². The van der Waals surface area contributed by atoms with Crippen molar-refractivity contribution in [2.45, 2.75) is 51.1 Å².